The zero-order valence-corrected chi connectivity index (χ0v) is 46.2. The summed E-state index contributed by atoms with van der Waals surface area (Å²) in [7, 11) is 0. The van der Waals surface area contributed by atoms with Crippen LogP contribution in [0.25, 0.3) is 0 Å². The van der Waals surface area contributed by atoms with Gasteiger partial charge >= 0.3 is 23.3 Å². The first kappa shape index (κ1) is 59.7. The Balaban J connectivity index is 1.50. The Hall–Kier alpha value is -10.00. The summed E-state index contributed by atoms with van der Waals surface area (Å²) in [5.41, 5.74) is 7.38. The molecule has 82 heavy (non-hydrogen) atoms. The van der Waals surface area contributed by atoms with E-state index in [0.29, 0.717) is 55.6 Å². The third-order valence-electron chi connectivity index (χ3n) is 13.2. The van der Waals surface area contributed by atoms with Crippen molar-refractivity contribution in [1.82, 2.24) is 0 Å². The van der Waals surface area contributed by atoms with Gasteiger partial charge in [-0.3, -0.25) is 51.3 Å². The van der Waals surface area contributed by atoms with Gasteiger partial charge in [-0.15, -0.1) is 0 Å². The molecule has 0 aromatic heterocycles. The lowest BCUT2D eigenvalue weighted by atomic mass is 9.81. The van der Waals surface area contributed by atoms with Gasteiger partial charge in [0, 0.05) is 37.8 Å². The summed E-state index contributed by atoms with van der Waals surface area (Å²) < 4.78 is 23.4. The van der Waals surface area contributed by atoms with Crippen LogP contribution in [-0.2, 0) is 55.6 Å². The summed E-state index contributed by atoms with van der Waals surface area (Å²) in [4.78, 5) is 70.1. The van der Waals surface area contributed by atoms with Crippen LogP contribution >= 0.6 is 0 Å². The number of non-ortho nitro benzene ring substituents is 2. The van der Waals surface area contributed by atoms with Gasteiger partial charge in [-0.1, -0.05) is 65.8 Å². The maximum atomic E-state index is 13.1. The molecule has 0 radical (unpaired) electrons. The molecule has 0 aliphatic heterocycles. The number of phenols is 2. The van der Waals surface area contributed by atoms with E-state index in [4.69, 9.17) is 18.9 Å². The van der Waals surface area contributed by atoms with Gasteiger partial charge in [0.15, 0.2) is 13.2 Å². The zero-order chi connectivity index (χ0) is 59.8. The number of carbonyl (C=O) groups excluding carboxylic acids is 2. The number of hydrazone groups is 2. The van der Waals surface area contributed by atoms with Gasteiger partial charge in [-0.2, -0.15) is 10.2 Å². The van der Waals surface area contributed by atoms with E-state index in [1.54, 1.807) is 38.1 Å². The summed E-state index contributed by atoms with van der Waals surface area (Å²) in [6, 6.07) is 20.3. The predicted molar refractivity (Wildman–Crippen MR) is 304 cm³/mol. The molecule has 1 aliphatic carbocycles. The largest absolute Gasteiger partial charge is 0.507 e. The van der Waals surface area contributed by atoms with Gasteiger partial charge in [-0.25, -0.2) is 9.59 Å². The molecule has 0 saturated heterocycles. The molecule has 0 saturated carbocycles. The Labute approximate surface area is 470 Å². The van der Waals surface area contributed by atoms with E-state index in [1.165, 1.54) is 12.4 Å². The van der Waals surface area contributed by atoms with Crippen molar-refractivity contribution in [3.63, 3.8) is 0 Å². The highest BCUT2D eigenvalue weighted by atomic mass is 16.6. The molecule has 24 heteroatoms. The van der Waals surface area contributed by atoms with E-state index in [2.05, 4.69) is 21.1 Å². The van der Waals surface area contributed by atoms with Gasteiger partial charge in [0.1, 0.15) is 34.4 Å². The molecule has 0 heterocycles. The van der Waals surface area contributed by atoms with Gasteiger partial charge in [0.25, 0.3) is 11.4 Å². The zero-order valence-electron chi connectivity index (χ0n) is 46.2. The molecular weight excluding hydrogens is 1060 g/mol. The van der Waals surface area contributed by atoms with Crippen molar-refractivity contribution < 1.29 is 58.4 Å². The summed E-state index contributed by atoms with van der Waals surface area (Å²) >= 11 is 0. The third-order valence-corrected chi connectivity index (χ3v) is 13.2. The monoisotopic (exact) mass is 1120 g/mol. The average molecular weight is 1130 g/mol. The smallest absolute Gasteiger partial charge is 0.344 e. The van der Waals surface area contributed by atoms with E-state index in [1.807, 2.05) is 65.8 Å². The van der Waals surface area contributed by atoms with Gasteiger partial charge in [0.2, 0.25) is 0 Å². The standard InChI is InChI=1S/C58H60N8O16/c1-9-79-51(67)31-81-55-39-19-35-15-33(29-59-61-47-13-11-45(63(71)72)27-49(47)65(75)76)17-37(53(35)69)21-41-25-44(58(6,7)8)26-42(56(41)82-32-52(68)80-10-2)22-38-18-34(16-36(54(38)70)20-40(55)24-43(23-39)57(3,4)5)30-60-62-48-14-12-46(64(73)74)28-50(48)66(77)78/h11-18,23-30,61-62,69-70H,9-10,19-22,31-32H2,1-8H3. The lowest BCUT2D eigenvalue weighted by molar-refractivity contribution is -0.393. The quantitative estimate of drug-likeness (QED) is 0.0268. The maximum Gasteiger partial charge on any atom is 0.344 e. The Morgan fingerprint density at radius 2 is 0.829 bits per heavy atom. The first-order valence-electron chi connectivity index (χ1n) is 25.8. The predicted octanol–water partition coefficient (Wildman–Crippen LogP) is 10.8. The number of fused-ring (bicyclic) bond motifs is 8. The third kappa shape index (κ3) is 14.4. The van der Waals surface area contributed by atoms with Crippen molar-refractivity contribution >= 4 is 58.5 Å². The second kappa shape index (κ2) is 25.0. The lowest BCUT2D eigenvalue weighted by Crippen LogP contribution is -2.18. The van der Waals surface area contributed by atoms with Crippen LogP contribution in [0.1, 0.15) is 122 Å². The number of nitrogens with one attached hydrogen (secondary N) is 2. The molecule has 0 unspecified atom stereocenters. The molecule has 24 nitrogen and oxygen atoms in total. The minimum Gasteiger partial charge on any atom is -0.507 e. The van der Waals surface area contributed by atoms with Gasteiger partial charge in [-0.05, 0) is 128 Å². The average Bonchev–Trinajstić information content (AvgIpc) is 3.56. The number of ether oxygens (including phenoxy) is 4. The van der Waals surface area contributed by atoms with Gasteiger partial charge in [0.05, 0.1) is 57.5 Å². The Bertz CT molecular complexity index is 3250. The molecule has 8 bridgehead atoms. The maximum absolute atomic E-state index is 13.1. The molecule has 0 fully saturated rings. The van der Waals surface area contributed by atoms with E-state index in [-0.39, 0.29) is 73.3 Å². The van der Waals surface area contributed by atoms with Crippen molar-refractivity contribution in [1.29, 1.82) is 0 Å². The number of nitrogens with zero attached hydrogens (tertiary/aromatic N) is 6. The van der Waals surface area contributed by atoms with Gasteiger partial charge < -0.3 is 29.2 Å². The molecule has 6 aromatic rings. The highest BCUT2D eigenvalue weighted by Gasteiger charge is 2.28. The van der Waals surface area contributed by atoms with Crippen LogP contribution in [0.15, 0.2) is 95.1 Å². The van der Waals surface area contributed by atoms with Crippen LogP contribution in [0.4, 0.5) is 34.1 Å². The Morgan fingerprint density at radius 1 is 0.512 bits per heavy atom. The van der Waals surface area contributed by atoms with Crippen molar-refractivity contribution in [2.45, 2.75) is 91.9 Å². The summed E-state index contributed by atoms with van der Waals surface area (Å²) in [6.45, 7) is 14.3. The normalized spacial score (nSPS) is 12.4. The van der Waals surface area contributed by atoms with E-state index in [0.717, 1.165) is 47.5 Å². The lowest BCUT2D eigenvalue weighted by Gasteiger charge is -2.26. The van der Waals surface area contributed by atoms with Crippen LogP contribution in [0.2, 0.25) is 0 Å². The number of aromatic hydroxyl groups is 2. The topological polar surface area (TPSA) is 333 Å². The number of benzene rings is 6. The number of rotatable bonds is 18. The number of nitro benzene ring substituents is 4. The summed E-state index contributed by atoms with van der Waals surface area (Å²) in [5, 5.41) is 80.8. The molecular formula is C58H60N8O16. The molecule has 7 rings (SSSR count). The fourth-order valence-electron chi connectivity index (χ4n) is 9.13. The number of anilines is 2. The Morgan fingerprint density at radius 3 is 1.10 bits per heavy atom. The first-order chi connectivity index (χ1) is 38.7. The molecule has 0 amide bonds. The highest BCUT2D eigenvalue weighted by Crippen LogP contribution is 2.43. The number of carbonyl (C=O) groups is 2. The fourth-order valence-corrected chi connectivity index (χ4v) is 9.13. The van der Waals surface area contributed by atoms with Crippen molar-refractivity contribution in [2.24, 2.45) is 10.2 Å². The van der Waals surface area contributed by atoms with E-state index >= 15 is 0 Å². The van der Waals surface area contributed by atoms with Crippen LogP contribution in [0, 0.1) is 40.5 Å². The van der Waals surface area contributed by atoms with Crippen molar-refractivity contribution in [3.8, 4) is 23.0 Å². The number of esters is 2. The molecule has 0 spiro atoms. The molecule has 4 N–H and O–H groups in total. The fraction of sp³-hybridized carbons (Fsp3) is 0.310. The SMILES string of the molecule is CCOC(=O)COc1c2cc(C(C)(C)C)cc1Cc1cc(C=NNc3ccc([N+](=O)[O-])cc3[N+](=O)[O-])cc(c1O)Cc1cc(C(C)(C)C)cc(c1OCC(=O)OCC)Cc1cc(C=NNc3ccc([N+](=O)[O-])cc3[N+](=O)[O-])cc(c1O)C2. The molecule has 428 valence electrons. The minimum atomic E-state index is -0.781. The second-order valence-corrected chi connectivity index (χ2v) is 21.2. The van der Waals surface area contributed by atoms with Crippen molar-refractivity contribution in [3.05, 3.63) is 192 Å². The highest BCUT2D eigenvalue weighted by molar-refractivity contribution is 5.84. The van der Waals surface area contributed by atoms with Crippen LogP contribution in [0.5, 0.6) is 23.0 Å². The number of phenolic OH excluding ortho intramolecular Hbond substituents is 2. The van der Waals surface area contributed by atoms with Crippen molar-refractivity contribution in [2.75, 3.05) is 37.3 Å². The number of nitro groups is 4. The Kier molecular flexibility index (Phi) is 18.2. The molecule has 1 aliphatic rings. The first-order valence-corrected chi connectivity index (χ1v) is 25.8. The summed E-state index contributed by atoms with van der Waals surface area (Å²) in [6.07, 6.45) is 2.50. The molecule has 0 atom stereocenters. The second-order valence-electron chi connectivity index (χ2n) is 21.2. The van der Waals surface area contributed by atoms with Crippen LogP contribution in [-0.4, -0.2) is 80.7 Å². The van der Waals surface area contributed by atoms with E-state index in [9.17, 15) is 60.3 Å². The molecule has 6 aromatic carbocycles. The number of hydrogen-bond acceptors (Lipinski definition) is 20. The minimum absolute atomic E-state index is 0.0548. The van der Waals surface area contributed by atoms with Crippen LogP contribution in [0.3, 0.4) is 0 Å². The van der Waals surface area contributed by atoms with E-state index < -0.39 is 78.4 Å². The number of hydrogen-bond donors (Lipinski definition) is 4. The van der Waals surface area contributed by atoms with Crippen LogP contribution < -0.4 is 20.3 Å². The summed E-state index contributed by atoms with van der Waals surface area (Å²) in [5.74, 6) is -1.20.